The lowest BCUT2D eigenvalue weighted by atomic mass is 10.2. The molecule has 0 amide bonds. The molecule has 0 aromatic heterocycles. The molecule has 4 heteroatoms. The second kappa shape index (κ2) is 6.17. The smallest absolute Gasteiger partial charge is 0.142 e. The van der Waals surface area contributed by atoms with Crippen LogP contribution in [0.4, 0.5) is 4.39 Å². The van der Waals surface area contributed by atoms with E-state index < -0.39 is 0 Å². The Labute approximate surface area is 110 Å². The third-order valence-corrected chi connectivity index (χ3v) is 2.46. The Kier molecular flexibility index (Phi) is 4.31. The quantitative estimate of drug-likeness (QED) is 0.605. The first kappa shape index (κ1) is 12.6. The van der Waals surface area contributed by atoms with Gasteiger partial charge in [-0.2, -0.15) is 0 Å². The fraction of sp³-hybridized carbons (Fsp3) is 0.0714. The number of nitrogens with zero attached hydrogens (tertiary/aromatic N) is 1. The van der Waals surface area contributed by atoms with Crippen LogP contribution in [0.15, 0.2) is 53.7 Å². The molecule has 0 aliphatic carbocycles. The fourth-order valence-corrected chi connectivity index (χ4v) is 1.46. The van der Waals surface area contributed by atoms with E-state index in [0.29, 0.717) is 17.2 Å². The largest absolute Gasteiger partial charge is 0.390 e. The maximum absolute atomic E-state index is 12.8. The Morgan fingerprint density at radius 3 is 2.67 bits per heavy atom. The highest BCUT2D eigenvalue weighted by Gasteiger charge is 1.94. The van der Waals surface area contributed by atoms with Crippen molar-refractivity contribution in [2.24, 2.45) is 5.16 Å². The minimum absolute atomic E-state index is 0.319. The predicted octanol–water partition coefficient (Wildman–Crippen LogP) is 3.91. The lowest BCUT2D eigenvalue weighted by molar-refractivity contribution is 0.132. The number of benzene rings is 2. The van der Waals surface area contributed by atoms with Crippen molar-refractivity contribution in [2.75, 3.05) is 0 Å². The van der Waals surface area contributed by atoms with Crippen molar-refractivity contribution in [3.8, 4) is 0 Å². The van der Waals surface area contributed by atoms with Crippen molar-refractivity contribution >= 4 is 17.8 Å². The second-order valence-corrected chi connectivity index (χ2v) is 4.05. The zero-order chi connectivity index (χ0) is 12.8. The average Bonchev–Trinajstić information content (AvgIpc) is 2.37. The molecule has 0 spiro atoms. The third-order valence-electron chi connectivity index (χ3n) is 2.21. The Balaban J connectivity index is 1.87. The molecule has 1 radical (unpaired) electrons. The summed E-state index contributed by atoms with van der Waals surface area (Å²) in [6.45, 7) is 0.319. The molecule has 0 unspecified atom stereocenters. The molecule has 0 saturated carbocycles. The highest BCUT2D eigenvalue weighted by Crippen LogP contribution is 2.10. The van der Waals surface area contributed by atoms with Crippen LogP contribution >= 0.6 is 11.6 Å². The summed E-state index contributed by atoms with van der Waals surface area (Å²) in [5, 5.41) is 4.33. The molecule has 2 aromatic rings. The van der Waals surface area contributed by atoms with Gasteiger partial charge in [0, 0.05) is 10.6 Å². The maximum atomic E-state index is 12.8. The van der Waals surface area contributed by atoms with Gasteiger partial charge in [-0.1, -0.05) is 41.0 Å². The summed E-state index contributed by atoms with van der Waals surface area (Å²) in [6, 6.07) is 13.2. The summed E-state index contributed by atoms with van der Waals surface area (Å²) in [6.07, 6.45) is 2.60. The van der Waals surface area contributed by atoms with Crippen LogP contribution in [-0.4, -0.2) is 6.21 Å². The molecule has 0 aliphatic heterocycles. The van der Waals surface area contributed by atoms with Gasteiger partial charge in [-0.3, -0.25) is 0 Å². The molecule has 0 N–H and O–H groups in total. The number of hydrogen-bond acceptors (Lipinski definition) is 2. The van der Waals surface area contributed by atoms with E-state index in [9.17, 15) is 4.39 Å². The van der Waals surface area contributed by atoms with Crippen molar-refractivity contribution in [1.29, 1.82) is 0 Å². The van der Waals surface area contributed by atoms with Gasteiger partial charge in [0.15, 0.2) is 0 Å². The van der Waals surface area contributed by atoms with E-state index in [4.69, 9.17) is 16.4 Å². The van der Waals surface area contributed by atoms with Crippen molar-refractivity contribution in [1.82, 2.24) is 0 Å². The van der Waals surface area contributed by atoms with Crippen LogP contribution in [0.2, 0.25) is 5.02 Å². The first-order valence-corrected chi connectivity index (χ1v) is 5.70. The van der Waals surface area contributed by atoms with Gasteiger partial charge in [0.2, 0.25) is 0 Å². The predicted molar refractivity (Wildman–Crippen MR) is 69.2 cm³/mol. The summed E-state index contributed by atoms with van der Waals surface area (Å²) < 4.78 is 12.8. The molecule has 2 rings (SSSR count). The van der Waals surface area contributed by atoms with Crippen LogP contribution in [0.25, 0.3) is 0 Å². The Morgan fingerprint density at radius 2 is 1.94 bits per heavy atom. The van der Waals surface area contributed by atoms with Crippen molar-refractivity contribution in [3.63, 3.8) is 0 Å². The molecular formula is C14H10ClFNO. The van der Waals surface area contributed by atoms with E-state index in [1.807, 2.05) is 12.1 Å². The third kappa shape index (κ3) is 3.86. The topological polar surface area (TPSA) is 21.6 Å². The monoisotopic (exact) mass is 262 g/mol. The highest BCUT2D eigenvalue weighted by molar-refractivity contribution is 6.30. The molecule has 2 aromatic carbocycles. The molecule has 0 heterocycles. The lowest BCUT2D eigenvalue weighted by Crippen LogP contribution is -1.88. The first-order chi connectivity index (χ1) is 8.74. The summed E-state index contributed by atoms with van der Waals surface area (Å²) >= 11 is 5.76. The van der Waals surface area contributed by atoms with Crippen molar-refractivity contribution < 1.29 is 9.23 Å². The molecular weight excluding hydrogens is 253 g/mol. The van der Waals surface area contributed by atoms with Crippen LogP contribution in [0.1, 0.15) is 11.1 Å². The van der Waals surface area contributed by atoms with Crippen LogP contribution < -0.4 is 0 Å². The summed E-state index contributed by atoms with van der Waals surface area (Å²) in [7, 11) is 0. The molecule has 2 nitrogen and oxygen atoms in total. The normalized spacial score (nSPS) is 10.8. The number of halogens is 2. The second-order valence-electron chi connectivity index (χ2n) is 3.61. The van der Waals surface area contributed by atoms with E-state index in [1.165, 1.54) is 12.1 Å². The zero-order valence-corrected chi connectivity index (χ0v) is 10.2. The highest BCUT2D eigenvalue weighted by atomic mass is 35.5. The zero-order valence-electron chi connectivity index (χ0n) is 9.44. The van der Waals surface area contributed by atoms with Gasteiger partial charge in [-0.15, -0.1) is 0 Å². The van der Waals surface area contributed by atoms with Gasteiger partial charge >= 0.3 is 0 Å². The maximum Gasteiger partial charge on any atom is 0.142 e. The summed E-state index contributed by atoms with van der Waals surface area (Å²) in [4.78, 5) is 5.05. The Bertz CT molecular complexity index is 540. The average molecular weight is 263 g/mol. The first-order valence-electron chi connectivity index (χ1n) is 5.32. The number of hydrogen-bond donors (Lipinski definition) is 0. The molecule has 0 bridgehead atoms. The Morgan fingerprint density at radius 1 is 1.17 bits per heavy atom. The van der Waals surface area contributed by atoms with Crippen LogP contribution in [0, 0.1) is 5.82 Å². The van der Waals surface area contributed by atoms with E-state index >= 15 is 0 Å². The van der Waals surface area contributed by atoms with Crippen LogP contribution in [0.5, 0.6) is 0 Å². The van der Waals surface area contributed by atoms with Gasteiger partial charge in [-0.25, -0.2) is 4.39 Å². The van der Waals surface area contributed by atoms with Crippen molar-refractivity contribution in [3.05, 3.63) is 70.5 Å². The minimum atomic E-state index is -0.326. The molecule has 0 fully saturated rings. The lowest BCUT2D eigenvalue weighted by Gasteiger charge is -1.99. The fourth-order valence-electron chi connectivity index (χ4n) is 1.33. The summed E-state index contributed by atoms with van der Waals surface area (Å²) in [5.41, 5.74) is 1.48. The van der Waals surface area contributed by atoms with Gasteiger partial charge in [-0.05, 0) is 29.8 Å². The SMILES string of the molecule is Fc1cccc(/[C]=N\OCc2ccc(Cl)cc2)c1. The molecule has 0 atom stereocenters. The van der Waals surface area contributed by atoms with E-state index in [1.54, 1.807) is 24.3 Å². The van der Waals surface area contributed by atoms with E-state index in [0.717, 1.165) is 5.56 Å². The van der Waals surface area contributed by atoms with Gasteiger partial charge in [0.25, 0.3) is 0 Å². The minimum Gasteiger partial charge on any atom is -0.390 e. The molecule has 0 saturated heterocycles. The van der Waals surface area contributed by atoms with Crippen molar-refractivity contribution in [2.45, 2.75) is 6.61 Å². The Hall–Kier alpha value is -1.87. The van der Waals surface area contributed by atoms with E-state index in [2.05, 4.69) is 11.4 Å². The number of rotatable bonds is 4. The van der Waals surface area contributed by atoms with Crippen LogP contribution in [0.3, 0.4) is 0 Å². The van der Waals surface area contributed by atoms with Crippen LogP contribution in [-0.2, 0) is 11.4 Å². The molecule has 0 aliphatic rings. The standard InChI is InChI=1S/C14H10ClFNO/c15-13-6-4-11(5-7-13)10-18-17-9-12-2-1-3-14(16)8-12/h1-8H,10H2. The van der Waals surface area contributed by atoms with Gasteiger partial charge in [0.1, 0.15) is 18.6 Å². The van der Waals surface area contributed by atoms with E-state index in [-0.39, 0.29) is 5.82 Å². The molecule has 91 valence electrons. The molecule has 18 heavy (non-hydrogen) atoms. The van der Waals surface area contributed by atoms with Gasteiger partial charge in [0.05, 0.1) is 0 Å². The summed E-state index contributed by atoms with van der Waals surface area (Å²) in [5.74, 6) is -0.326. The van der Waals surface area contributed by atoms with Gasteiger partial charge < -0.3 is 4.84 Å².